The molecule has 5 heteroatoms. The predicted molar refractivity (Wildman–Crippen MR) is 77.7 cm³/mol. The van der Waals surface area contributed by atoms with E-state index in [1.54, 1.807) is 0 Å². The lowest BCUT2D eigenvalue weighted by atomic mass is 10.3. The third kappa shape index (κ3) is 2.82. The van der Waals surface area contributed by atoms with Crippen LogP contribution in [-0.2, 0) is 11.2 Å². The van der Waals surface area contributed by atoms with E-state index in [4.69, 9.17) is 0 Å². The van der Waals surface area contributed by atoms with Crippen LogP contribution in [0.4, 0.5) is 0 Å². The molecule has 20 heavy (non-hydrogen) atoms. The highest BCUT2D eigenvalue weighted by molar-refractivity contribution is 5.78. The number of rotatable bonds is 2. The highest BCUT2D eigenvalue weighted by atomic mass is 16.2. The number of fused-ring (bicyclic) bond motifs is 1. The summed E-state index contributed by atoms with van der Waals surface area (Å²) < 4.78 is 1.97. The normalized spacial score (nSPS) is 16.4. The Kier molecular flexibility index (Phi) is 3.69. The van der Waals surface area contributed by atoms with Gasteiger partial charge >= 0.3 is 0 Å². The van der Waals surface area contributed by atoms with Crippen LogP contribution in [0.2, 0.25) is 0 Å². The minimum absolute atomic E-state index is 0.175. The molecule has 1 N–H and O–H groups in total. The van der Waals surface area contributed by atoms with Crippen molar-refractivity contribution in [1.29, 1.82) is 0 Å². The van der Waals surface area contributed by atoms with Crippen LogP contribution in [0, 0.1) is 6.92 Å². The molecule has 0 unspecified atom stereocenters. The van der Waals surface area contributed by atoms with E-state index < -0.39 is 0 Å². The number of nitrogens with one attached hydrogen (secondary N) is 1. The zero-order chi connectivity index (χ0) is 13.9. The Morgan fingerprint density at radius 1 is 1.40 bits per heavy atom. The van der Waals surface area contributed by atoms with Crippen molar-refractivity contribution in [2.24, 2.45) is 0 Å². The van der Waals surface area contributed by atoms with Gasteiger partial charge in [0.1, 0.15) is 5.65 Å². The maximum absolute atomic E-state index is 12.3. The van der Waals surface area contributed by atoms with Gasteiger partial charge in [0.05, 0.1) is 12.1 Å². The molecule has 0 aromatic carbocycles. The third-order valence-electron chi connectivity index (χ3n) is 3.69. The fourth-order valence-electron chi connectivity index (χ4n) is 2.58. The second-order valence-corrected chi connectivity index (χ2v) is 5.36. The quantitative estimate of drug-likeness (QED) is 0.887. The second kappa shape index (κ2) is 5.63. The van der Waals surface area contributed by atoms with Crippen LogP contribution in [0.3, 0.4) is 0 Å². The van der Waals surface area contributed by atoms with Crippen LogP contribution in [0.15, 0.2) is 24.5 Å². The van der Waals surface area contributed by atoms with E-state index in [2.05, 4.69) is 10.3 Å². The summed E-state index contributed by atoms with van der Waals surface area (Å²) in [5, 5.41) is 3.31. The fourth-order valence-corrected chi connectivity index (χ4v) is 2.58. The summed E-state index contributed by atoms with van der Waals surface area (Å²) >= 11 is 0. The first-order chi connectivity index (χ1) is 9.72. The molecule has 0 spiro atoms. The molecule has 0 bridgehead atoms. The molecule has 1 aliphatic heterocycles. The van der Waals surface area contributed by atoms with E-state index in [-0.39, 0.29) is 5.91 Å². The van der Waals surface area contributed by atoms with Crippen LogP contribution < -0.4 is 5.32 Å². The molecular formula is C15H20N4O. The first kappa shape index (κ1) is 13.1. The average Bonchev–Trinajstić information content (AvgIpc) is 2.64. The molecular weight excluding hydrogens is 252 g/mol. The van der Waals surface area contributed by atoms with Crippen molar-refractivity contribution in [3.8, 4) is 0 Å². The zero-order valence-electron chi connectivity index (χ0n) is 11.8. The molecule has 1 aliphatic rings. The number of carbonyl (C=O) groups excluding carboxylic acids is 1. The molecule has 0 atom stereocenters. The third-order valence-corrected chi connectivity index (χ3v) is 3.69. The molecule has 1 saturated heterocycles. The standard InChI is InChI=1S/C15H20N4O/c1-12-3-7-19-11-13(17-14(19)9-12)10-15(20)18-6-2-4-16-5-8-18/h3,7,9,11,16H,2,4-6,8,10H2,1H3. The van der Waals surface area contributed by atoms with Crippen molar-refractivity contribution < 1.29 is 4.79 Å². The molecule has 2 aromatic rings. The number of amides is 1. The maximum Gasteiger partial charge on any atom is 0.228 e. The topological polar surface area (TPSA) is 49.6 Å². The minimum atomic E-state index is 0.175. The predicted octanol–water partition coefficient (Wildman–Crippen LogP) is 1.01. The highest BCUT2D eigenvalue weighted by Gasteiger charge is 2.16. The molecule has 1 amide bonds. The SMILES string of the molecule is Cc1ccn2cc(CC(=O)N3CCCNCC3)nc2c1. The van der Waals surface area contributed by atoms with E-state index in [0.29, 0.717) is 6.42 Å². The van der Waals surface area contributed by atoms with Crippen LogP contribution in [0.5, 0.6) is 0 Å². The molecule has 0 saturated carbocycles. The van der Waals surface area contributed by atoms with Crippen molar-refractivity contribution in [3.05, 3.63) is 35.8 Å². The first-order valence-electron chi connectivity index (χ1n) is 7.15. The largest absolute Gasteiger partial charge is 0.341 e. The molecule has 3 heterocycles. The van der Waals surface area contributed by atoms with E-state index in [1.165, 1.54) is 5.56 Å². The van der Waals surface area contributed by atoms with Crippen molar-refractivity contribution in [1.82, 2.24) is 19.6 Å². The average molecular weight is 272 g/mol. The summed E-state index contributed by atoms with van der Waals surface area (Å²) in [5.41, 5.74) is 2.93. The summed E-state index contributed by atoms with van der Waals surface area (Å²) in [6.45, 7) is 5.57. The lowest BCUT2D eigenvalue weighted by molar-refractivity contribution is -0.130. The number of nitrogens with zero attached hydrogens (tertiary/aromatic N) is 3. The number of imidazole rings is 1. The van der Waals surface area contributed by atoms with Gasteiger partial charge in [0, 0.05) is 32.0 Å². The Labute approximate surface area is 118 Å². The highest BCUT2D eigenvalue weighted by Crippen LogP contribution is 2.09. The number of aromatic nitrogens is 2. The molecule has 1 fully saturated rings. The van der Waals surface area contributed by atoms with Gasteiger partial charge in [0.25, 0.3) is 0 Å². The van der Waals surface area contributed by atoms with E-state index in [1.807, 2.05) is 40.8 Å². The smallest absolute Gasteiger partial charge is 0.228 e. The van der Waals surface area contributed by atoms with Crippen LogP contribution in [0.25, 0.3) is 5.65 Å². The Balaban J connectivity index is 1.73. The molecule has 0 radical (unpaired) electrons. The number of pyridine rings is 1. The molecule has 5 nitrogen and oxygen atoms in total. The summed E-state index contributed by atoms with van der Waals surface area (Å²) in [4.78, 5) is 18.8. The second-order valence-electron chi connectivity index (χ2n) is 5.36. The summed E-state index contributed by atoms with van der Waals surface area (Å²) in [6, 6.07) is 4.07. The van der Waals surface area contributed by atoms with Crippen molar-refractivity contribution in [2.45, 2.75) is 19.8 Å². The Morgan fingerprint density at radius 2 is 2.30 bits per heavy atom. The van der Waals surface area contributed by atoms with Gasteiger partial charge in [-0.2, -0.15) is 0 Å². The number of hydrogen-bond acceptors (Lipinski definition) is 3. The Bertz CT molecular complexity index is 611. The lowest BCUT2D eigenvalue weighted by Gasteiger charge is -2.19. The Morgan fingerprint density at radius 3 is 3.20 bits per heavy atom. The van der Waals surface area contributed by atoms with Crippen LogP contribution >= 0.6 is 0 Å². The number of aryl methyl sites for hydroxylation is 1. The summed E-state index contributed by atoms with van der Waals surface area (Å²) in [7, 11) is 0. The van der Waals surface area contributed by atoms with E-state index >= 15 is 0 Å². The van der Waals surface area contributed by atoms with Crippen molar-refractivity contribution in [2.75, 3.05) is 26.2 Å². The molecule has 0 aliphatic carbocycles. The fraction of sp³-hybridized carbons (Fsp3) is 0.467. The van der Waals surface area contributed by atoms with Crippen molar-refractivity contribution >= 4 is 11.6 Å². The van der Waals surface area contributed by atoms with E-state index in [0.717, 1.165) is 43.9 Å². The molecule has 2 aromatic heterocycles. The molecule has 106 valence electrons. The van der Waals surface area contributed by atoms with Gasteiger partial charge in [-0.25, -0.2) is 4.98 Å². The van der Waals surface area contributed by atoms with Gasteiger partial charge in [-0.3, -0.25) is 4.79 Å². The van der Waals surface area contributed by atoms with Crippen molar-refractivity contribution in [3.63, 3.8) is 0 Å². The lowest BCUT2D eigenvalue weighted by Crippen LogP contribution is -2.35. The number of carbonyl (C=O) groups is 1. The van der Waals surface area contributed by atoms with Gasteiger partial charge in [-0.15, -0.1) is 0 Å². The minimum Gasteiger partial charge on any atom is -0.341 e. The van der Waals surface area contributed by atoms with Gasteiger partial charge < -0.3 is 14.6 Å². The maximum atomic E-state index is 12.3. The summed E-state index contributed by atoms with van der Waals surface area (Å²) in [5.74, 6) is 0.175. The first-order valence-corrected chi connectivity index (χ1v) is 7.15. The van der Waals surface area contributed by atoms with Gasteiger partial charge in [-0.1, -0.05) is 0 Å². The van der Waals surface area contributed by atoms with Crippen LogP contribution in [0.1, 0.15) is 17.7 Å². The summed E-state index contributed by atoms with van der Waals surface area (Å²) in [6.07, 6.45) is 5.35. The monoisotopic (exact) mass is 272 g/mol. The number of hydrogen-bond donors (Lipinski definition) is 1. The zero-order valence-corrected chi connectivity index (χ0v) is 11.8. The molecule has 3 rings (SSSR count). The Hall–Kier alpha value is -1.88. The van der Waals surface area contributed by atoms with Crippen LogP contribution in [-0.4, -0.2) is 46.4 Å². The van der Waals surface area contributed by atoms with Gasteiger partial charge in [0.2, 0.25) is 5.91 Å². The van der Waals surface area contributed by atoms with Gasteiger partial charge in [0.15, 0.2) is 0 Å². The van der Waals surface area contributed by atoms with Gasteiger partial charge in [-0.05, 0) is 37.6 Å². The van der Waals surface area contributed by atoms with E-state index in [9.17, 15) is 4.79 Å².